The molecule has 0 spiro atoms. The topological polar surface area (TPSA) is 38.2 Å². The van der Waals surface area contributed by atoms with Crippen LogP contribution in [0.5, 0.6) is 6.01 Å². The highest BCUT2D eigenvalue weighted by atomic mass is 79.9. The van der Waals surface area contributed by atoms with Crippen LogP contribution in [0.15, 0.2) is 16.7 Å². The Hall–Kier alpha value is -1.55. The molecule has 2 aromatic rings. The summed E-state index contributed by atoms with van der Waals surface area (Å²) in [5.74, 6) is -1.13. The Kier molecular flexibility index (Phi) is 4.53. The van der Waals surface area contributed by atoms with Gasteiger partial charge in [0.25, 0.3) is 0 Å². The molecular weight excluding hydrogens is 437 g/mol. The van der Waals surface area contributed by atoms with Gasteiger partial charge in [-0.25, -0.2) is 13.8 Å². The van der Waals surface area contributed by atoms with Gasteiger partial charge in [0.15, 0.2) is 5.82 Å². The highest BCUT2D eigenvalue weighted by Crippen LogP contribution is 2.41. The molecule has 0 radical (unpaired) electrons. The van der Waals surface area contributed by atoms with E-state index in [-0.39, 0.29) is 23.5 Å². The molecule has 0 unspecified atom stereocenters. The first kappa shape index (κ1) is 18.8. The molecule has 27 heavy (non-hydrogen) atoms. The molecule has 0 N–H and O–H groups in total. The van der Waals surface area contributed by atoms with Gasteiger partial charge in [-0.2, -0.15) is 18.2 Å². The summed E-state index contributed by atoms with van der Waals surface area (Å²) in [5, 5.41) is -0.0827. The minimum Gasteiger partial charge on any atom is -0.461 e. The number of nitrogens with zero attached hydrogens (tertiary/aromatic N) is 3. The van der Waals surface area contributed by atoms with Crippen LogP contribution in [-0.2, 0) is 6.18 Å². The number of hydrogen-bond acceptors (Lipinski definition) is 4. The van der Waals surface area contributed by atoms with Crippen molar-refractivity contribution < 1.29 is 26.7 Å². The number of halogens is 6. The SMILES string of the molecule is Fc1c(Br)c(C(F)(F)F)cc2cnc(OC[C@@]34CCCN3C[C@H](F)C4)nc12. The number of alkyl halides is 4. The molecule has 2 saturated heterocycles. The number of ether oxygens (including phenoxy) is 1. The summed E-state index contributed by atoms with van der Waals surface area (Å²) in [6, 6.07) is 0.644. The lowest BCUT2D eigenvalue weighted by atomic mass is 9.95. The van der Waals surface area contributed by atoms with Gasteiger partial charge < -0.3 is 4.74 Å². The van der Waals surface area contributed by atoms with Gasteiger partial charge >= 0.3 is 12.2 Å². The Labute approximate surface area is 159 Å². The predicted molar refractivity (Wildman–Crippen MR) is 90.7 cm³/mol. The third kappa shape index (κ3) is 3.26. The van der Waals surface area contributed by atoms with Crippen LogP contribution in [0.3, 0.4) is 0 Å². The van der Waals surface area contributed by atoms with Gasteiger partial charge in [0.2, 0.25) is 0 Å². The average Bonchev–Trinajstić information content (AvgIpc) is 3.11. The van der Waals surface area contributed by atoms with Crippen molar-refractivity contribution in [2.45, 2.75) is 37.1 Å². The first-order chi connectivity index (χ1) is 12.7. The largest absolute Gasteiger partial charge is 0.461 e. The second-order valence-corrected chi connectivity index (χ2v) is 7.80. The fourth-order valence-corrected chi connectivity index (χ4v) is 4.55. The number of rotatable bonds is 3. The molecular formula is C17H15BrF5N3O. The minimum atomic E-state index is -4.71. The molecule has 0 aliphatic carbocycles. The van der Waals surface area contributed by atoms with E-state index in [9.17, 15) is 22.0 Å². The zero-order valence-electron chi connectivity index (χ0n) is 14.0. The molecule has 4 rings (SSSR count). The van der Waals surface area contributed by atoms with Crippen molar-refractivity contribution >= 4 is 26.8 Å². The lowest BCUT2D eigenvalue weighted by molar-refractivity contribution is -0.138. The number of aromatic nitrogens is 2. The fourth-order valence-electron chi connectivity index (χ4n) is 4.02. The molecule has 1 aromatic carbocycles. The van der Waals surface area contributed by atoms with Gasteiger partial charge in [0.05, 0.1) is 15.6 Å². The molecule has 10 heteroatoms. The summed E-state index contributed by atoms with van der Waals surface area (Å²) in [4.78, 5) is 9.88. The van der Waals surface area contributed by atoms with Gasteiger partial charge in [-0.15, -0.1) is 0 Å². The molecule has 0 amide bonds. The van der Waals surface area contributed by atoms with E-state index in [1.807, 2.05) is 4.90 Å². The predicted octanol–water partition coefficient (Wildman–Crippen LogP) is 4.51. The van der Waals surface area contributed by atoms with Crippen molar-refractivity contribution in [3.05, 3.63) is 28.1 Å². The van der Waals surface area contributed by atoms with Crippen LogP contribution in [0.4, 0.5) is 22.0 Å². The van der Waals surface area contributed by atoms with Crippen molar-refractivity contribution in [2.24, 2.45) is 0 Å². The monoisotopic (exact) mass is 451 g/mol. The average molecular weight is 452 g/mol. The number of fused-ring (bicyclic) bond motifs is 2. The van der Waals surface area contributed by atoms with Gasteiger partial charge in [-0.05, 0) is 41.4 Å². The number of benzene rings is 1. The Bertz CT molecular complexity index is 893. The molecule has 2 aliphatic rings. The summed E-state index contributed by atoms with van der Waals surface area (Å²) < 4.78 is 72.1. The first-order valence-corrected chi connectivity index (χ1v) is 9.23. The third-order valence-corrected chi connectivity index (χ3v) is 6.04. The summed E-state index contributed by atoms with van der Waals surface area (Å²) in [5.41, 5.74) is -1.82. The van der Waals surface area contributed by atoms with Gasteiger partial charge in [-0.1, -0.05) is 0 Å². The van der Waals surface area contributed by atoms with Crippen LogP contribution in [-0.4, -0.2) is 46.3 Å². The van der Waals surface area contributed by atoms with E-state index in [1.54, 1.807) is 0 Å². The van der Waals surface area contributed by atoms with Gasteiger partial charge in [0, 0.05) is 24.5 Å². The van der Waals surface area contributed by atoms with Crippen molar-refractivity contribution in [3.63, 3.8) is 0 Å². The van der Waals surface area contributed by atoms with E-state index in [4.69, 9.17) is 4.74 Å². The molecule has 1 aromatic heterocycles. The molecule has 0 saturated carbocycles. The van der Waals surface area contributed by atoms with E-state index >= 15 is 0 Å². The van der Waals surface area contributed by atoms with Crippen LogP contribution >= 0.6 is 15.9 Å². The quantitative estimate of drug-likeness (QED) is 0.643. The van der Waals surface area contributed by atoms with Crippen LogP contribution < -0.4 is 4.74 Å². The van der Waals surface area contributed by atoms with Crippen LogP contribution in [0.2, 0.25) is 0 Å². The Morgan fingerprint density at radius 3 is 2.89 bits per heavy atom. The van der Waals surface area contributed by atoms with Gasteiger partial charge in [0.1, 0.15) is 18.3 Å². The third-order valence-electron chi connectivity index (χ3n) is 5.27. The zero-order valence-corrected chi connectivity index (χ0v) is 15.6. The molecule has 2 atom stereocenters. The maximum absolute atomic E-state index is 14.4. The van der Waals surface area contributed by atoms with E-state index in [0.717, 1.165) is 31.6 Å². The zero-order chi connectivity index (χ0) is 19.4. The van der Waals surface area contributed by atoms with Crippen molar-refractivity contribution in [1.29, 1.82) is 0 Å². The molecule has 4 nitrogen and oxygen atoms in total. The lowest BCUT2D eigenvalue weighted by Gasteiger charge is -2.30. The van der Waals surface area contributed by atoms with E-state index in [2.05, 4.69) is 25.9 Å². The maximum Gasteiger partial charge on any atom is 0.417 e. The lowest BCUT2D eigenvalue weighted by Crippen LogP contribution is -2.43. The Morgan fingerprint density at radius 1 is 1.37 bits per heavy atom. The summed E-state index contributed by atoms with van der Waals surface area (Å²) in [6.45, 7) is 1.32. The second-order valence-electron chi connectivity index (χ2n) is 7.00. The Balaban J connectivity index is 1.62. The van der Waals surface area contributed by atoms with E-state index < -0.39 is 33.7 Å². The van der Waals surface area contributed by atoms with E-state index in [0.29, 0.717) is 13.0 Å². The van der Waals surface area contributed by atoms with Crippen LogP contribution in [0, 0.1) is 5.82 Å². The summed E-state index contributed by atoms with van der Waals surface area (Å²) in [6.07, 6.45) is -2.44. The molecule has 146 valence electrons. The normalized spacial score (nSPS) is 25.9. The van der Waals surface area contributed by atoms with E-state index in [1.165, 1.54) is 0 Å². The molecule has 2 fully saturated rings. The second kappa shape index (κ2) is 6.51. The maximum atomic E-state index is 14.4. The van der Waals surface area contributed by atoms with Gasteiger partial charge in [-0.3, -0.25) is 4.90 Å². The Morgan fingerprint density at radius 2 is 2.15 bits per heavy atom. The highest BCUT2D eigenvalue weighted by molar-refractivity contribution is 9.10. The number of hydrogen-bond donors (Lipinski definition) is 0. The van der Waals surface area contributed by atoms with Crippen molar-refractivity contribution in [2.75, 3.05) is 19.7 Å². The highest BCUT2D eigenvalue weighted by Gasteiger charge is 2.49. The molecule has 2 aliphatic heterocycles. The van der Waals surface area contributed by atoms with Crippen molar-refractivity contribution in [3.8, 4) is 6.01 Å². The standard InChI is InChI=1S/C17H15BrF5N3O/c18-12-11(17(21,22)23)4-9-6-24-15(25-14(9)13(12)20)27-8-16-2-1-3-26(16)7-10(19)5-16/h4,6,10H,1-3,5,7-8H2/t10-,16+/m1/s1. The van der Waals surface area contributed by atoms with Crippen molar-refractivity contribution in [1.82, 2.24) is 14.9 Å². The van der Waals surface area contributed by atoms with Crippen LogP contribution in [0.25, 0.3) is 10.9 Å². The van der Waals surface area contributed by atoms with Crippen LogP contribution in [0.1, 0.15) is 24.8 Å². The smallest absolute Gasteiger partial charge is 0.417 e. The molecule has 3 heterocycles. The fraction of sp³-hybridized carbons (Fsp3) is 0.529. The molecule has 0 bridgehead atoms. The summed E-state index contributed by atoms with van der Waals surface area (Å²) in [7, 11) is 0. The first-order valence-electron chi connectivity index (χ1n) is 8.43. The summed E-state index contributed by atoms with van der Waals surface area (Å²) >= 11 is 2.65. The minimum absolute atomic E-state index is 0.0827.